The van der Waals surface area contributed by atoms with E-state index in [1.165, 1.54) is 28.1 Å². The molecule has 1 aromatic carbocycles. The van der Waals surface area contributed by atoms with Crippen molar-refractivity contribution in [2.45, 2.75) is 11.3 Å². The van der Waals surface area contributed by atoms with Gasteiger partial charge in [-0.3, -0.25) is 0 Å². The smallest absolute Gasteiger partial charge is 0.243 e. The highest BCUT2D eigenvalue weighted by Gasteiger charge is 2.28. The van der Waals surface area contributed by atoms with E-state index >= 15 is 0 Å². The minimum atomic E-state index is -3.65. The number of sulfonamides is 1. The molecule has 0 radical (unpaired) electrons. The van der Waals surface area contributed by atoms with Gasteiger partial charge in [0.2, 0.25) is 10.0 Å². The van der Waals surface area contributed by atoms with Crippen LogP contribution < -0.4 is 0 Å². The molecule has 0 unspecified atom stereocenters. The van der Waals surface area contributed by atoms with Gasteiger partial charge in [0, 0.05) is 57.6 Å². The predicted octanol–water partition coefficient (Wildman–Crippen LogP) is 2.26. The molecule has 0 spiro atoms. The van der Waals surface area contributed by atoms with Crippen molar-refractivity contribution in [1.29, 1.82) is 0 Å². The lowest BCUT2D eigenvalue weighted by atomic mass is 10.1. The van der Waals surface area contributed by atoms with Crippen LogP contribution in [0.2, 0.25) is 0 Å². The first-order chi connectivity index (χ1) is 13.4. The van der Waals surface area contributed by atoms with Crippen LogP contribution in [0.4, 0.5) is 4.39 Å². The number of fused-ring (bicyclic) bond motifs is 1. The van der Waals surface area contributed by atoms with E-state index in [1.54, 1.807) is 6.20 Å². The zero-order chi connectivity index (χ0) is 19.7. The standard InChI is InChI=1S/C20H23FN4O2S/c1-23-15-16(19-6-3-8-22-20(19)23)7-9-24-10-12-25(13-11-24)28(26,27)18-5-2-4-17(21)14-18/h2-6,8,14-15H,7,9-13H2,1H3. The molecule has 3 heterocycles. The lowest BCUT2D eigenvalue weighted by Gasteiger charge is -2.34. The fraction of sp³-hybridized carbons (Fsp3) is 0.350. The average Bonchev–Trinajstić information content (AvgIpc) is 3.03. The van der Waals surface area contributed by atoms with Crippen molar-refractivity contribution in [2.75, 3.05) is 32.7 Å². The van der Waals surface area contributed by atoms with Crippen molar-refractivity contribution in [2.24, 2.45) is 7.05 Å². The molecule has 0 aliphatic carbocycles. The molecule has 148 valence electrons. The van der Waals surface area contributed by atoms with Gasteiger partial charge in [-0.2, -0.15) is 4.31 Å². The molecule has 0 N–H and O–H groups in total. The van der Waals surface area contributed by atoms with Crippen LogP contribution in [0, 0.1) is 5.82 Å². The van der Waals surface area contributed by atoms with E-state index in [0.29, 0.717) is 26.2 Å². The topological polar surface area (TPSA) is 58.4 Å². The number of aromatic nitrogens is 2. The summed E-state index contributed by atoms with van der Waals surface area (Å²) in [6.07, 6.45) is 4.80. The molecule has 1 fully saturated rings. The molecule has 3 aromatic rings. The SMILES string of the molecule is Cn1cc(CCN2CCN(S(=O)(=O)c3cccc(F)c3)CC2)c2cccnc21. The van der Waals surface area contributed by atoms with Crippen molar-refractivity contribution in [1.82, 2.24) is 18.8 Å². The Bertz CT molecular complexity index is 1090. The van der Waals surface area contributed by atoms with Crippen LogP contribution in [0.25, 0.3) is 11.0 Å². The van der Waals surface area contributed by atoms with Gasteiger partial charge in [0.25, 0.3) is 0 Å². The Morgan fingerprint density at radius 2 is 1.89 bits per heavy atom. The van der Waals surface area contributed by atoms with Crippen molar-refractivity contribution in [3.63, 3.8) is 0 Å². The van der Waals surface area contributed by atoms with E-state index in [2.05, 4.69) is 22.1 Å². The van der Waals surface area contributed by atoms with Crippen LogP contribution in [0.15, 0.2) is 53.7 Å². The normalized spacial score (nSPS) is 16.6. The van der Waals surface area contributed by atoms with Gasteiger partial charge >= 0.3 is 0 Å². The van der Waals surface area contributed by atoms with Gasteiger partial charge in [0.1, 0.15) is 11.5 Å². The van der Waals surface area contributed by atoms with Gasteiger partial charge in [-0.15, -0.1) is 0 Å². The van der Waals surface area contributed by atoms with Gasteiger partial charge in [-0.1, -0.05) is 6.07 Å². The summed E-state index contributed by atoms with van der Waals surface area (Å²) in [5, 5.41) is 1.16. The Labute approximate surface area is 164 Å². The third-order valence-electron chi connectivity index (χ3n) is 5.28. The van der Waals surface area contributed by atoms with Gasteiger partial charge in [-0.05, 0) is 42.3 Å². The lowest BCUT2D eigenvalue weighted by Crippen LogP contribution is -2.49. The number of piperazine rings is 1. The molecule has 1 aliphatic heterocycles. The second-order valence-corrected chi connectivity index (χ2v) is 9.03. The third-order valence-corrected chi connectivity index (χ3v) is 7.17. The van der Waals surface area contributed by atoms with Gasteiger partial charge in [-0.25, -0.2) is 17.8 Å². The Kier molecular flexibility index (Phi) is 5.18. The first kappa shape index (κ1) is 19.0. The zero-order valence-corrected chi connectivity index (χ0v) is 16.6. The molecule has 1 saturated heterocycles. The van der Waals surface area contributed by atoms with Gasteiger partial charge < -0.3 is 9.47 Å². The van der Waals surface area contributed by atoms with E-state index in [0.717, 1.165) is 30.1 Å². The Balaban J connectivity index is 1.38. The maximum Gasteiger partial charge on any atom is 0.243 e. The van der Waals surface area contributed by atoms with Crippen molar-refractivity contribution < 1.29 is 12.8 Å². The van der Waals surface area contributed by atoms with Gasteiger partial charge in [0.05, 0.1) is 4.90 Å². The maximum atomic E-state index is 13.4. The predicted molar refractivity (Wildman–Crippen MR) is 106 cm³/mol. The van der Waals surface area contributed by atoms with Crippen LogP contribution in [0.3, 0.4) is 0 Å². The molecule has 0 amide bonds. The number of pyridine rings is 1. The zero-order valence-electron chi connectivity index (χ0n) is 15.8. The fourth-order valence-electron chi connectivity index (χ4n) is 3.74. The summed E-state index contributed by atoms with van der Waals surface area (Å²) in [5.74, 6) is -0.538. The highest BCUT2D eigenvalue weighted by Crippen LogP contribution is 2.21. The molecule has 28 heavy (non-hydrogen) atoms. The first-order valence-corrected chi connectivity index (χ1v) is 10.8. The molecular formula is C20H23FN4O2S. The van der Waals surface area contributed by atoms with E-state index in [-0.39, 0.29) is 4.90 Å². The van der Waals surface area contributed by atoms with Crippen molar-refractivity contribution in [3.8, 4) is 0 Å². The third kappa shape index (κ3) is 3.67. The summed E-state index contributed by atoms with van der Waals surface area (Å²) < 4.78 is 42.3. The van der Waals surface area contributed by atoms with Crippen LogP contribution in [-0.2, 0) is 23.5 Å². The van der Waals surface area contributed by atoms with E-state index in [4.69, 9.17) is 0 Å². The minimum Gasteiger partial charge on any atom is -0.335 e. The summed E-state index contributed by atoms with van der Waals surface area (Å²) in [6.45, 7) is 3.02. The second-order valence-electron chi connectivity index (χ2n) is 7.09. The number of aryl methyl sites for hydroxylation is 1. The molecule has 0 bridgehead atoms. The number of benzene rings is 1. The molecule has 1 aliphatic rings. The van der Waals surface area contributed by atoms with Crippen molar-refractivity contribution in [3.05, 3.63) is 60.2 Å². The Hall–Kier alpha value is -2.29. The van der Waals surface area contributed by atoms with E-state index < -0.39 is 15.8 Å². The quantitative estimate of drug-likeness (QED) is 0.657. The summed E-state index contributed by atoms with van der Waals surface area (Å²) in [7, 11) is -1.65. The van der Waals surface area contributed by atoms with E-state index in [9.17, 15) is 12.8 Å². The summed E-state index contributed by atoms with van der Waals surface area (Å²) >= 11 is 0. The lowest BCUT2D eigenvalue weighted by molar-refractivity contribution is 0.190. The molecule has 8 heteroatoms. The monoisotopic (exact) mass is 402 g/mol. The van der Waals surface area contributed by atoms with Crippen LogP contribution >= 0.6 is 0 Å². The largest absolute Gasteiger partial charge is 0.335 e. The molecule has 6 nitrogen and oxygen atoms in total. The minimum absolute atomic E-state index is 0.0178. The summed E-state index contributed by atoms with van der Waals surface area (Å²) in [5.41, 5.74) is 2.23. The van der Waals surface area contributed by atoms with Gasteiger partial charge in [0.15, 0.2) is 0 Å². The summed E-state index contributed by atoms with van der Waals surface area (Å²) in [4.78, 5) is 6.71. The fourth-order valence-corrected chi connectivity index (χ4v) is 5.20. The van der Waals surface area contributed by atoms with E-state index in [1.807, 2.05) is 17.7 Å². The number of rotatable bonds is 5. The second kappa shape index (κ2) is 7.62. The van der Waals surface area contributed by atoms with Crippen LogP contribution in [0.5, 0.6) is 0 Å². The van der Waals surface area contributed by atoms with Crippen LogP contribution in [-0.4, -0.2) is 59.9 Å². The summed E-state index contributed by atoms with van der Waals surface area (Å²) in [6, 6.07) is 9.23. The highest BCUT2D eigenvalue weighted by atomic mass is 32.2. The molecular weight excluding hydrogens is 379 g/mol. The van der Waals surface area contributed by atoms with Crippen molar-refractivity contribution >= 4 is 21.1 Å². The molecule has 2 aromatic heterocycles. The molecule has 0 atom stereocenters. The number of halogens is 1. The maximum absolute atomic E-state index is 13.4. The molecule has 0 saturated carbocycles. The van der Waals surface area contributed by atoms with Crippen LogP contribution in [0.1, 0.15) is 5.56 Å². The number of hydrogen-bond donors (Lipinski definition) is 0. The highest BCUT2D eigenvalue weighted by molar-refractivity contribution is 7.89. The average molecular weight is 402 g/mol. The first-order valence-electron chi connectivity index (χ1n) is 9.32. The number of nitrogens with zero attached hydrogens (tertiary/aromatic N) is 4. The molecule has 4 rings (SSSR count). The Morgan fingerprint density at radius 3 is 2.64 bits per heavy atom. The number of hydrogen-bond acceptors (Lipinski definition) is 4. The Morgan fingerprint density at radius 1 is 1.11 bits per heavy atom.